The summed E-state index contributed by atoms with van der Waals surface area (Å²) in [7, 11) is 0. The minimum absolute atomic E-state index is 0.0404. The van der Waals surface area contributed by atoms with E-state index in [0.717, 1.165) is 0 Å². The number of hydrogen-bond acceptors (Lipinski definition) is 4. The molecule has 1 aromatic heterocycles. The van der Waals surface area contributed by atoms with Gasteiger partial charge in [-0.15, -0.1) is 0 Å². The lowest BCUT2D eigenvalue weighted by Crippen LogP contribution is -2.27. The number of carboxylic acid groups (broad SMARTS) is 1. The molecule has 0 spiro atoms. The zero-order chi connectivity index (χ0) is 8.97. The van der Waals surface area contributed by atoms with Crippen molar-refractivity contribution in [1.29, 1.82) is 0 Å². The highest BCUT2D eigenvalue weighted by Gasteiger charge is 2.03. The van der Waals surface area contributed by atoms with Gasteiger partial charge in [0.25, 0.3) is 0 Å². The molecule has 66 valence electrons. The van der Waals surface area contributed by atoms with E-state index < -0.39 is 5.97 Å². The van der Waals surface area contributed by atoms with Gasteiger partial charge in [-0.3, -0.25) is 0 Å². The number of carbonyl (C=O) groups excluding carboxylic acids is 1. The summed E-state index contributed by atoms with van der Waals surface area (Å²) in [5, 5.41) is 9.93. The molecule has 0 aliphatic rings. The molecule has 4 nitrogen and oxygen atoms in total. The maximum atomic E-state index is 10.2. The van der Waals surface area contributed by atoms with E-state index in [1.807, 2.05) is 0 Å². The summed E-state index contributed by atoms with van der Waals surface area (Å²) >= 11 is 4.09. The van der Waals surface area contributed by atoms with Crippen LogP contribution >= 0.6 is 12.6 Å². The average molecular weight is 185 g/mol. The Morgan fingerprint density at radius 1 is 1.75 bits per heavy atom. The van der Waals surface area contributed by atoms with Gasteiger partial charge >= 0.3 is 0 Å². The maximum absolute atomic E-state index is 10.2. The van der Waals surface area contributed by atoms with Gasteiger partial charge in [-0.1, -0.05) is 0 Å². The van der Waals surface area contributed by atoms with Crippen LogP contribution in [0.5, 0.6) is 0 Å². The zero-order valence-corrected chi connectivity index (χ0v) is 7.28. The number of aliphatic carboxylic acids is 1. The highest BCUT2D eigenvalue weighted by atomic mass is 32.1. The Labute approximate surface area is 75.6 Å². The first kappa shape index (κ1) is 9.12. The van der Waals surface area contributed by atoms with E-state index >= 15 is 0 Å². The molecule has 0 bridgehead atoms. The van der Waals surface area contributed by atoms with Crippen molar-refractivity contribution in [3.8, 4) is 0 Å². The van der Waals surface area contributed by atoms with Gasteiger partial charge in [-0.2, -0.15) is 12.6 Å². The van der Waals surface area contributed by atoms with Crippen molar-refractivity contribution in [3.05, 3.63) is 18.7 Å². The minimum Gasteiger partial charge on any atom is -0.550 e. The van der Waals surface area contributed by atoms with E-state index in [-0.39, 0.29) is 11.7 Å². The van der Waals surface area contributed by atoms with Crippen molar-refractivity contribution in [3.63, 3.8) is 0 Å². The molecule has 12 heavy (non-hydrogen) atoms. The molecule has 1 aromatic rings. The van der Waals surface area contributed by atoms with E-state index in [1.165, 1.54) is 0 Å². The number of nitrogens with zero attached hydrogens (tertiary/aromatic N) is 2. The maximum Gasteiger partial charge on any atom is 0.0946 e. The molecule has 0 aromatic carbocycles. The van der Waals surface area contributed by atoms with Gasteiger partial charge in [0.15, 0.2) is 0 Å². The quantitative estimate of drug-likeness (QED) is 0.632. The van der Waals surface area contributed by atoms with Crippen LogP contribution in [-0.4, -0.2) is 20.8 Å². The Balaban J connectivity index is 2.36. The third kappa shape index (κ3) is 2.96. The number of thiol groups is 1. The molecule has 0 amide bonds. The third-order valence-electron chi connectivity index (χ3n) is 1.38. The molecule has 1 heterocycles. The molecule has 1 unspecified atom stereocenters. The average Bonchev–Trinajstić information content (AvgIpc) is 2.37. The predicted octanol–water partition coefficient (Wildman–Crippen LogP) is -0.679. The molecule has 0 fully saturated rings. The van der Waals surface area contributed by atoms with Gasteiger partial charge in [-0.25, -0.2) is 4.98 Å². The number of carboxylic acids is 1. The van der Waals surface area contributed by atoms with E-state index in [9.17, 15) is 9.90 Å². The lowest BCUT2D eigenvalue weighted by atomic mass is 10.3. The van der Waals surface area contributed by atoms with Gasteiger partial charge in [0.1, 0.15) is 0 Å². The van der Waals surface area contributed by atoms with E-state index in [2.05, 4.69) is 17.6 Å². The number of rotatable bonds is 4. The zero-order valence-electron chi connectivity index (χ0n) is 6.38. The van der Waals surface area contributed by atoms with Crippen LogP contribution in [0.25, 0.3) is 0 Å². The molecule has 0 saturated carbocycles. The van der Waals surface area contributed by atoms with Crippen molar-refractivity contribution < 1.29 is 9.90 Å². The van der Waals surface area contributed by atoms with Crippen LogP contribution in [0.2, 0.25) is 0 Å². The summed E-state index contributed by atoms with van der Waals surface area (Å²) in [6.45, 7) is 0.539. The second-order valence-electron chi connectivity index (χ2n) is 2.49. The van der Waals surface area contributed by atoms with Gasteiger partial charge in [0.05, 0.1) is 6.33 Å². The van der Waals surface area contributed by atoms with Gasteiger partial charge < -0.3 is 14.5 Å². The number of aromatic nitrogens is 2. The number of carbonyl (C=O) groups is 1. The SMILES string of the molecule is O=C([O-])CC(S)Cn1ccnc1. The van der Waals surface area contributed by atoms with Crippen LogP contribution in [0.3, 0.4) is 0 Å². The monoisotopic (exact) mass is 185 g/mol. The first-order valence-corrected chi connectivity index (χ1v) is 4.04. The van der Waals surface area contributed by atoms with Crippen LogP contribution in [0.15, 0.2) is 18.7 Å². The fraction of sp³-hybridized carbons (Fsp3) is 0.429. The van der Waals surface area contributed by atoms with Crippen molar-refractivity contribution in [2.45, 2.75) is 18.2 Å². The molecule has 0 aliphatic heterocycles. The summed E-state index contributed by atoms with van der Waals surface area (Å²) in [4.78, 5) is 14.0. The molecular weight excluding hydrogens is 176 g/mol. The van der Waals surface area contributed by atoms with Crippen LogP contribution in [-0.2, 0) is 11.3 Å². The largest absolute Gasteiger partial charge is 0.550 e. The molecule has 0 radical (unpaired) electrons. The van der Waals surface area contributed by atoms with Crippen LogP contribution in [0, 0.1) is 0 Å². The molecule has 0 saturated heterocycles. The minimum atomic E-state index is -1.07. The predicted molar refractivity (Wildman–Crippen MR) is 44.6 cm³/mol. The Kier molecular flexibility index (Phi) is 3.16. The number of imidazole rings is 1. The molecule has 0 aliphatic carbocycles. The fourth-order valence-electron chi connectivity index (χ4n) is 0.895. The number of hydrogen-bond donors (Lipinski definition) is 1. The summed E-state index contributed by atoms with van der Waals surface area (Å²) in [6, 6.07) is 0. The lowest BCUT2D eigenvalue weighted by molar-refractivity contribution is -0.305. The second kappa shape index (κ2) is 4.15. The Morgan fingerprint density at radius 2 is 2.50 bits per heavy atom. The topological polar surface area (TPSA) is 57.9 Å². The Morgan fingerprint density at radius 3 is 3.00 bits per heavy atom. The molecule has 0 N–H and O–H groups in total. The van der Waals surface area contributed by atoms with Gasteiger partial charge in [0, 0.05) is 36.6 Å². The Bertz CT molecular complexity index is 248. The molecule has 1 atom stereocenters. The van der Waals surface area contributed by atoms with E-state index in [4.69, 9.17) is 0 Å². The fourth-order valence-corrected chi connectivity index (χ4v) is 1.23. The highest BCUT2D eigenvalue weighted by molar-refractivity contribution is 7.81. The van der Waals surface area contributed by atoms with Crippen LogP contribution in [0.4, 0.5) is 0 Å². The highest BCUT2D eigenvalue weighted by Crippen LogP contribution is 2.03. The lowest BCUT2D eigenvalue weighted by Gasteiger charge is -2.11. The normalized spacial score (nSPS) is 12.8. The summed E-state index contributed by atoms with van der Waals surface area (Å²) in [5.41, 5.74) is 0. The molecule has 5 heteroatoms. The Hall–Kier alpha value is -0.970. The smallest absolute Gasteiger partial charge is 0.0946 e. The first-order chi connectivity index (χ1) is 5.68. The van der Waals surface area contributed by atoms with Crippen LogP contribution in [0.1, 0.15) is 6.42 Å². The van der Waals surface area contributed by atoms with Crippen molar-refractivity contribution in [1.82, 2.24) is 9.55 Å². The van der Waals surface area contributed by atoms with E-state index in [0.29, 0.717) is 6.54 Å². The van der Waals surface area contributed by atoms with Gasteiger partial charge in [0.2, 0.25) is 0 Å². The standard InChI is InChI=1S/C7H10N2O2S/c10-7(11)3-6(12)4-9-2-1-8-5-9/h1-2,5-6,12H,3-4H2,(H,10,11)/p-1. The van der Waals surface area contributed by atoms with Gasteiger partial charge in [-0.05, 0) is 0 Å². The van der Waals surface area contributed by atoms with Crippen molar-refractivity contribution >= 4 is 18.6 Å². The molecule has 1 rings (SSSR count). The molecular formula is C7H9N2O2S-. The van der Waals surface area contributed by atoms with E-state index in [1.54, 1.807) is 23.3 Å². The van der Waals surface area contributed by atoms with Crippen molar-refractivity contribution in [2.24, 2.45) is 0 Å². The second-order valence-corrected chi connectivity index (χ2v) is 3.22. The van der Waals surface area contributed by atoms with Crippen molar-refractivity contribution in [2.75, 3.05) is 0 Å². The third-order valence-corrected chi connectivity index (χ3v) is 1.73. The summed E-state index contributed by atoms with van der Waals surface area (Å²) in [5.74, 6) is -1.07. The summed E-state index contributed by atoms with van der Waals surface area (Å²) in [6.07, 6.45) is 4.98. The summed E-state index contributed by atoms with van der Waals surface area (Å²) < 4.78 is 1.78. The first-order valence-electron chi connectivity index (χ1n) is 3.52. The van der Waals surface area contributed by atoms with Crippen LogP contribution < -0.4 is 5.11 Å².